The molecule has 0 radical (unpaired) electrons. The summed E-state index contributed by atoms with van der Waals surface area (Å²) >= 11 is 0. The maximum Gasteiger partial charge on any atom is 0.228 e. The van der Waals surface area contributed by atoms with Gasteiger partial charge in [0.05, 0.1) is 5.41 Å². The van der Waals surface area contributed by atoms with Crippen LogP contribution in [0.15, 0.2) is 30.5 Å². The lowest BCUT2D eigenvalue weighted by Gasteiger charge is -2.10. The Labute approximate surface area is 87.3 Å². The third kappa shape index (κ3) is 1.09. The average Bonchev–Trinajstić information content (AvgIpc) is 2.91. The van der Waals surface area contributed by atoms with Gasteiger partial charge in [0.25, 0.3) is 0 Å². The lowest BCUT2D eigenvalue weighted by atomic mass is 9.94. The van der Waals surface area contributed by atoms with Crippen LogP contribution in [0.4, 0.5) is 0 Å². The van der Waals surface area contributed by atoms with Crippen molar-refractivity contribution in [3.8, 4) is 0 Å². The minimum atomic E-state index is -0.370. The van der Waals surface area contributed by atoms with Crippen LogP contribution in [0, 0.1) is 0 Å². The smallest absolute Gasteiger partial charge is 0.228 e. The molecule has 0 saturated heterocycles. The molecule has 1 aromatic heterocycles. The predicted octanol–water partition coefficient (Wildman–Crippen LogP) is 1.68. The molecule has 1 fully saturated rings. The Morgan fingerprint density at radius 2 is 2.13 bits per heavy atom. The SMILES string of the molecule is NC(=O)C1(c2ccc3[nH]ccc3c2)CC1. The maximum atomic E-state index is 11.4. The molecule has 1 heterocycles. The summed E-state index contributed by atoms with van der Waals surface area (Å²) in [5.41, 5.74) is 7.22. The zero-order valence-corrected chi connectivity index (χ0v) is 8.29. The van der Waals surface area contributed by atoms with Crippen molar-refractivity contribution in [1.82, 2.24) is 4.98 Å². The molecular formula is C12H12N2O. The topological polar surface area (TPSA) is 58.9 Å². The highest BCUT2D eigenvalue weighted by molar-refractivity contribution is 5.91. The second-order valence-electron chi connectivity index (χ2n) is 4.23. The average molecular weight is 200 g/mol. The summed E-state index contributed by atoms with van der Waals surface area (Å²) in [5, 5.41) is 1.14. The normalized spacial score (nSPS) is 17.9. The number of nitrogens with two attached hydrogens (primary N) is 1. The largest absolute Gasteiger partial charge is 0.369 e. The molecule has 1 amide bonds. The second kappa shape index (κ2) is 2.63. The Bertz CT molecular complexity index is 537. The third-order valence-corrected chi connectivity index (χ3v) is 3.33. The summed E-state index contributed by atoms with van der Waals surface area (Å²) in [7, 11) is 0. The van der Waals surface area contributed by atoms with Crippen molar-refractivity contribution in [1.29, 1.82) is 0 Å². The highest BCUT2D eigenvalue weighted by atomic mass is 16.1. The maximum absolute atomic E-state index is 11.4. The van der Waals surface area contributed by atoms with E-state index < -0.39 is 0 Å². The molecule has 1 aliphatic rings. The Kier molecular flexibility index (Phi) is 1.49. The van der Waals surface area contributed by atoms with E-state index in [1.165, 1.54) is 0 Å². The first-order chi connectivity index (χ1) is 7.22. The number of benzene rings is 1. The molecular weight excluding hydrogens is 188 g/mol. The number of hydrogen-bond acceptors (Lipinski definition) is 1. The minimum Gasteiger partial charge on any atom is -0.369 e. The van der Waals surface area contributed by atoms with E-state index in [0.717, 1.165) is 29.3 Å². The molecule has 0 atom stereocenters. The molecule has 15 heavy (non-hydrogen) atoms. The number of nitrogens with one attached hydrogen (secondary N) is 1. The summed E-state index contributed by atoms with van der Waals surface area (Å²) in [5.74, 6) is -0.197. The second-order valence-corrected chi connectivity index (χ2v) is 4.23. The number of hydrogen-bond donors (Lipinski definition) is 2. The number of carbonyl (C=O) groups excluding carboxylic acids is 1. The highest BCUT2D eigenvalue weighted by Crippen LogP contribution is 2.48. The zero-order chi connectivity index (χ0) is 10.5. The van der Waals surface area contributed by atoms with Gasteiger partial charge in [-0.15, -0.1) is 0 Å². The number of rotatable bonds is 2. The van der Waals surface area contributed by atoms with Crippen molar-refractivity contribution < 1.29 is 4.79 Å². The molecule has 3 rings (SSSR count). The van der Waals surface area contributed by atoms with Gasteiger partial charge in [-0.25, -0.2) is 0 Å². The summed E-state index contributed by atoms with van der Waals surface area (Å²) in [6.45, 7) is 0. The lowest BCUT2D eigenvalue weighted by Crippen LogP contribution is -2.28. The van der Waals surface area contributed by atoms with E-state index in [-0.39, 0.29) is 11.3 Å². The van der Waals surface area contributed by atoms with Crippen molar-refractivity contribution in [3.63, 3.8) is 0 Å². The quantitative estimate of drug-likeness (QED) is 0.761. The summed E-state index contributed by atoms with van der Waals surface area (Å²) in [4.78, 5) is 14.5. The van der Waals surface area contributed by atoms with Crippen LogP contribution in [0.5, 0.6) is 0 Å². The van der Waals surface area contributed by atoms with Gasteiger partial charge in [0.1, 0.15) is 0 Å². The van der Waals surface area contributed by atoms with Crippen molar-refractivity contribution in [2.24, 2.45) is 5.73 Å². The fourth-order valence-corrected chi connectivity index (χ4v) is 2.15. The molecule has 1 aliphatic carbocycles. The van der Waals surface area contributed by atoms with Crippen LogP contribution >= 0.6 is 0 Å². The molecule has 0 aliphatic heterocycles. The van der Waals surface area contributed by atoms with E-state index in [4.69, 9.17) is 5.73 Å². The van der Waals surface area contributed by atoms with Crippen LogP contribution in [-0.2, 0) is 10.2 Å². The third-order valence-electron chi connectivity index (χ3n) is 3.33. The summed E-state index contributed by atoms with van der Waals surface area (Å²) in [6.07, 6.45) is 3.68. The first-order valence-electron chi connectivity index (χ1n) is 5.10. The molecule has 76 valence electrons. The van der Waals surface area contributed by atoms with Gasteiger partial charge in [0.2, 0.25) is 5.91 Å². The monoisotopic (exact) mass is 200 g/mol. The Balaban J connectivity index is 2.15. The molecule has 3 nitrogen and oxygen atoms in total. The van der Waals surface area contributed by atoms with Gasteiger partial charge in [-0.05, 0) is 42.0 Å². The van der Waals surface area contributed by atoms with Crippen molar-refractivity contribution in [2.45, 2.75) is 18.3 Å². The van der Waals surface area contributed by atoms with Gasteiger partial charge < -0.3 is 10.7 Å². The van der Waals surface area contributed by atoms with Gasteiger partial charge in [-0.3, -0.25) is 4.79 Å². The van der Waals surface area contributed by atoms with Gasteiger partial charge in [-0.2, -0.15) is 0 Å². The Morgan fingerprint density at radius 3 is 2.80 bits per heavy atom. The molecule has 1 saturated carbocycles. The number of fused-ring (bicyclic) bond motifs is 1. The summed E-state index contributed by atoms with van der Waals surface area (Å²) < 4.78 is 0. The number of carbonyl (C=O) groups is 1. The van der Waals surface area contributed by atoms with E-state index in [0.29, 0.717) is 0 Å². The van der Waals surface area contributed by atoms with Crippen molar-refractivity contribution >= 4 is 16.8 Å². The number of H-pyrrole nitrogens is 1. The van der Waals surface area contributed by atoms with Crippen LogP contribution in [0.1, 0.15) is 18.4 Å². The fraction of sp³-hybridized carbons (Fsp3) is 0.250. The van der Waals surface area contributed by atoms with Gasteiger partial charge in [-0.1, -0.05) is 6.07 Å². The van der Waals surface area contributed by atoms with E-state index in [9.17, 15) is 4.79 Å². The van der Waals surface area contributed by atoms with Gasteiger partial charge >= 0.3 is 0 Å². The van der Waals surface area contributed by atoms with Crippen LogP contribution in [0.2, 0.25) is 0 Å². The molecule has 2 aromatic rings. The van der Waals surface area contributed by atoms with Crippen molar-refractivity contribution in [2.75, 3.05) is 0 Å². The minimum absolute atomic E-state index is 0.197. The van der Waals surface area contributed by atoms with E-state index >= 15 is 0 Å². The Hall–Kier alpha value is -1.77. The molecule has 0 bridgehead atoms. The summed E-state index contributed by atoms with van der Waals surface area (Å²) in [6, 6.07) is 8.07. The van der Waals surface area contributed by atoms with E-state index in [2.05, 4.69) is 11.1 Å². The first-order valence-corrected chi connectivity index (χ1v) is 5.10. The number of amides is 1. The molecule has 3 N–H and O–H groups in total. The Morgan fingerprint density at radius 1 is 1.33 bits per heavy atom. The van der Waals surface area contributed by atoms with Crippen LogP contribution in [0.25, 0.3) is 10.9 Å². The highest BCUT2D eigenvalue weighted by Gasteiger charge is 2.49. The number of aromatic nitrogens is 1. The zero-order valence-electron chi connectivity index (χ0n) is 8.29. The van der Waals surface area contributed by atoms with E-state index in [1.807, 2.05) is 24.4 Å². The first kappa shape index (κ1) is 8.53. The number of aromatic amines is 1. The van der Waals surface area contributed by atoms with E-state index in [1.54, 1.807) is 0 Å². The lowest BCUT2D eigenvalue weighted by molar-refractivity contribution is -0.120. The molecule has 3 heteroatoms. The molecule has 0 spiro atoms. The predicted molar refractivity (Wildman–Crippen MR) is 58.4 cm³/mol. The molecule has 0 unspecified atom stereocenters. The van der Waals surface area contributed by atoms with Crippen LogP contribution in [-0.4, -0.2) is 10.9 Å². The molecule has 1 aromatic carbocycles. The van der Waals surface area contributed by atoms with Crippen LogP contribution < -0.4 is 5.73 Å². The van der Waals surface area contributed by atoms with Crippen molar-refractivity contribution in [3.05, 3.63) is 36.0 Å². The van der Waals surface area contributed by atoms with Gasteiger partial charge in [0, 0.05) is 11.7 Å². The number of primary amides is 1. The van der Waals surface area contributed by atoms with Gasteiger partial charge in [0.15, 0.2) is 0 Å². The fourth-order valence-electron chi connectivity index (χ4n) is 2.15. The van der Waals surface area contributed by atoms with Crippen LogP contribution in [0.3, 0.4) is 0 Å². The standard InChI is InChI=1S/C12H12N2O/c13-11(15)12(4-5-12)9-1-2-10-8(7-9)3-6-14-10/h1-3,6-7,14H,4-5H2,(H2,13,15).